The Morgan fingerprint density at radius 2 is 2.09 bits per heavy atom. The predicted molar refractivity (Wildman–Crippen MR) is 129 cm³/mol. The normalized spacial score (nSPS) is 24.6. The fourth-order valence-electron chi connectivity index (χ4n) is 4.80. The molecule has 10 nitrogen and oxygen atoms in total. The highest BCUT2D eigenvalue weighted by atomic mass is 16.5. The first kappa shape index (κ1) is 26.7. The highest BCUT2D eigenvalue weighted by Gasteiger charge is 2.51. The van der Waals surface area contributed by atoms with Crippen LogP contribution < -0.4 is 21.3 Å². The Hall–Kier alpha value is -2.88. The van der Waals surface area contributed by atoms with Crippen LogP contribution in [0.3, 0.4) is 0 Å². The second-order valence-electron chi connectivity index (χ2n) is 9.50. The number of rotatable bonds is 13. The molecule has 1 heterocycles. The predicted octanol–water partition coefficient (Wildman–Crippen LogP) is 0.913. The van der Waals surface area contributed by atoms with E-state index in [4.69, 9.17) is 4.74 Å². The summed E-state index contributed by atoms with van der Waals surface area (Å²) >= 11 is 0. The highest BCUT2D eigenvalue weighted by molar-refractivity contribution is 5.89. The summed E-state index contributed by atoms with van der Waals surface area (Å²) in [7, 11) is 0. The number of hydrogen-bond acceptors (Lipinski definition) is 6. The van der Waals surface area contributed by atoms with Crippen LogP contribution in [0, 0.1) is 17.8 Å². The smallest absolute Gasteiger partial charge is 0.407 e. The fraction of sp³-hybridized carbons (Fsp3) is 0.680. The van der Waals surface area contributed by atoms with E-state index in [9.17, 15) is 24.3 Å². The van der Waals surface area contributed by atoms with Crippen LogP contribution in [0.15, 0.2) is 23.8 Å². The van der Waals surface area contributed by atoms with E-state index in [1.165, 1.54) is 0 Å². The van der Waals surface area contributed by atoms with Crippen molar-refractivity contribution in [2.75, 3.05) is 26.3 Å². The van der Waals surface area contributed by atoms with Gasteiger partial charge in [-0.3, -0.25) is 14.4 Å². The zero-order valence-corrected chi connectivity index (χ0v) is 20.4. The van der Waals surface area contributed by atoms with Crippen molar-refractivity contribution in [2.24, 2.45) is 17.8 Å². The number of ether oxygens (including phenoxy) is 1. The van der Waals surface area contributed by atoms with Gasteiger partial charge in [-0.05, 0) is 49.5 Å². The van der Waals surface area contributed by atoms with Crippen molar-refractivity contribution < 1.29 is 29.0 Å². The summed E-state index contributed by atoms with van der Waals surface area (Å²) in [6.07, 6.45) is 10.7. The lowest BCUT2D eigenvalue weighted by atomic mass is 9.98. The van der Waals surface area contributed by atoms with E-state index in [0.29, 0.717) is 13.0 Å². The number of carbonyl (C=O) groups is 4. The third-order valence-corrected chi connectivity index (χ3v) is 6.87. The van der Waals surface area contributed by atoms with E-state index in [2.05, 4.69) is 21.3 Å². The summed E-state index contributed by atoms with van der Waals surface area (Å²) in [6, 6.07) is -1.24. The lowest BCUT2D eigenvalue weighted by molar-refractivity contribution is -0.129. The SMILES string of the molecule is CCCCC(NC(=O)CNC(=O)OCC1=CCCC=C1)C(=O)NC(CO)C1CC1C1CCNC1=O. The minimum absolute atomic E-state index is 0.0471. The second-order valence-corrected chi connectivity index (χ2v) is 9.50. The van der Waals surface area contributed by atoms with Crippen LogP contribution in [0.2, 0.25) is 0 Å². The van der Waals surface area contributed by atoms with Gasteiger partial charge in [0.15, 0.2) is 0 Å². The molecular weight excluding hydrogens is 452 g/mol. The van der Waals surface area contributed by atoms with Gasteiger partial charge in [-0.15, -0.1) is 0 Å². The molecule has 0 radical (unpaired) electrons. The van der Waals surface area contributed by atoms with E-state index >= 15 is 0 Å². The second kappa shape index (κ2) is 13.3. The number of hydrogen-bond donors (Lipinski definition) is 5. The van der Waals surface area contributed by atoms with E-state index in [-0.39, 0.29) is 49.3 Å². The van der Waals surface area contributed by atoms with Crippen LogP contribution in [0.5, 0.6) is 0 Å². The first-order valence-electron chi connectivity index (χ1n) is 12.7. The zero-order chi connectivity index (χ0) is 25.2. The fourth-order valence-corrected chi connectivity index (χ4v) is 4.80. The molecule has 3 aliphatic rings. The molecule has 1 saturated heterocycles. The van der Waals surface area contributed by atoms with Crippen molar-refractivity contribution in [3.05, 3.63) is 23.8 Å². The van der Waals surface area contributed by atoms with Gasteiger partial charge in [0.25, 0.3) is 0 Å². The third kappa shape index (κ3) is 8.09. The number of nitrogens with one attached hydrogen (secondary N) is 4. The average Bonchev–Trinajstić information content (AvgIpc) is 3.54. The molecule has 1 saturated carbocycles. The average molecular weight is 491 g/mol. The molecule has 3 rings (SSSR count). The van der Waals surface area contributed by atoms with Crippen LogP contribution >= 0.6 is 0 Å². The standard InChI is InChI=1S/C25H38N4O6/c1-2-3-9-20(28-22(31)13-27-25(34)35-15-16-7-5-4-6-8-16)24(33)29-21(14-30)19-12-18(19)17-10-11-26-23(17)32/h5,7-8,17-21,30H,2-4,6,9-15H2,1H3,(H,26,32)(H,27,34)(H,28,31)(H,29,33). The molecule has 4 amide bonds. The molecular formula is C25H38N4O6. The molecule has 2 fully saturated rings. The summed E-state index contributed by atoms with van der Waals surface area (Å²) < 4.78 is 5.12. The minimum atomic E-state index is -0.779. The van der Waals surface area contributed by atoms with Crippen LogP contribution in [0.4, 0.5) is 4.79 Å². The molecule has 5 atom stereocenters. The molecule has 2 aliphatic carbocycles. The quantitative estimate of drug-likeness (QED) is 0.259. The van der Waals surface area contributed by atoms with Crippen molar-refractivity contribution in [1.29, 1.82) is 0 Å². The van der Waals surface area contributed by atoms with E-state index in [0.717, 1.165) is 44.1 Å². The van der Waals surface area contributed by atoms with E-state index < -0.39 is 24.1 Å². The largest absolute Gasteiger partial charge is 0.445 e. The Balaban J connectivity index is 1.44. The number of carbonyl (C=O) groups excluding carboxylic acids is 4. The van der Waals surface area contributed by atoms with Crippen molar-refractivity contribution in [2.45, 2.75) is 64.0 Å². The Morgan fingerprint density at radius 3 is 2.74 bits per heavy atom. The Labute approximate surface area is 206 Å². The van der Waals surface area contributed by atoms with E-state index in [1.807, 2.05) is 25.2 Å². The monoisotopic (exact) mass is 490 g/mol. The maximum Gasteiger partial charge on any atom is 0.407 e. The number of allylic oxidation sites excluding steroid dienone is 2. The van der Waals surface area contributed by atoms with Crippen LogP contribution in [-0.4, -0.2) is 67.3 Å². The summed E-state index contributed by atoms with van der Waals surface area (Å²) in [5.41, 5.74) is 0.914. The molecule has 5 unspecified atom stereocenters. The van der Waals surface area contributed by atoms with Gasteiger partial charge in [0, 0.05) is 12.5 Å². The third-order valence-electron chi connectivity index (χ3n) is 6.87. The maximum absolute atomic E-state index is 13.0. The summed E-state index contributed by atoms with van der Waals surface area (Å²) in [6.45, 7) is 2.26. The summed E-state index contributed by atoms with van der Waals surface area (Å²) in [5.74, 6) is -0.669. The first-order chi connectivity index (χ1) is 16.9. The lowest BCUT2D eigenvalue weighted by Crippen LogP contribution is -2.52. The van der Waals surface area contributed by atoms with Gasteiger partial charge in [-0.2, -0.15) is 0 Å². The highest BCUT2D eigenvalue weighted by Crippen LogP contribution is 2.48. The molecule has 35 heavy (non-hydrogen) atoms. The first-order valence-corrected chi connectivity index (χ1v) is 12.7. The molecule has 194 valence electrons. The minimum Gasteiger partial charge on any atom is -0.445 e. The van der Waals surface area contributed by atoms with E-state index in [1.54, 1.807) is 0 Å². The van der Waals surface area contributed by atoms with Gasteiger partial charge in [0.1, 0.15) is 19.2 Å². The van der Waals surface area contributed by atoms with Gasteiger partial charge >= 0.3 is 6.09 Å². The van der Waals surface area contributed by atoms with Gasteiger partial charge in [-0.1, -0.05) is 38.0 Å². The number of alkyl carbamates (subject to hydrolysis) is 1. The number of aliphatic hydroxyl groups is 1. The van der Waals surface area contributed by atoms with Crippen molar-refractivity contribution >= 4 is 23.8 Å². The maximum atomic E-state index is 13.0. The topological polar surface area (TPSA) is 146 Å². The van der Waals surface area contributed by atoms with Crippen LogP contribution in [-0.2, 0) is 19.1 Å². The van der Waals surface area contributed by atoms with Gasteiger partial charge in [-0.25, -0.2) is 4.79 Å². The number of unbranched alkanes of at least 4 members (excludes halogenated alkanes) is 1. The molecule has 10 heteroatoms. The molecule has 0 bridgehead atoms. The Kier molecular flexibility index (Phi) is 10.1. The van der Waals surface area contributed by atoms with Crippen LogP contribution in [0.25, 0.3) is 0 Å². The van der Waals surface area contributed by atoms with Crippen molar-refractivity contribution in [3.8, 4) is 0 Å². The zero-order valence-electron chi connectivity index (χ0n) is 20.4. The number of amides is 4. The van der Waals surface area contributed by atoms with Crippen LogP contribution in [0.1, 0.15) is 51.9 Å². The molecule has 1 aliphatic heterocycles. The lowest BCUT2D eigenvalue weighted by Gasteiger charge is -2.23. The molecule has 5 N–H and O–H groups in total. The Bertz CT molecular complexity index is 842. The Morgan fingerprint density at radius 1 is 1.26 bits per heavy atom. The molecule has 0 aromatic carbocycles. The number of aliphatic hydroxyl groups excluding tert-OH is 1. The molecule has 0 spiro atoms. The van der Waals surface area contributed by atoms with Gasteiger partial charge < -0.3 is 31.1 Å². The van der Waals surface area contributed by atoms with Crippen molar-refractivity contribution in [1.82, 2.24) is 21.3 Å². The summed E-state index contributed by atoms with van der Waals surface area (Å²) in [4.78, 5) is 49.2. The molecule has 0 aromatic heterocycles. The van der Waals surface area contributed by atoms with Crippen molar-refractivity contribution in [3.63, 3.8) is 0 Å². The van der Waals surface area contributed by atoms with Gasteiger partial charge in [0.05, 0.1) is 12.6 Å². The van der Waals surface area contributed by atoms with Gasteiger partial charge in [0.2, 0.25) is 17.7 Å². The molecule has 0 aromatic rings. The summed E-state index contributed by atoms with van der Waals surface area (Å²) in [5, 5.41) is 20.7.